The summed E-state index contributed by atoms with van der Waals surface area (Å²) in [6.45, 7) is 0.583. The number of nitrogens with one attached hydrogen (secondary N) is 1. The van der Waals surface area contributed by atoms with Crippen LogP contribution in [0, 0.1) is 0 Å². The highest BCUT2D eigenvalue weighted by atomic mass is 79.9. The molecule has 3 nitrogen and oxygen atoms in total. The molecule has 0 bridgehead atoms. The smallest absolute Gasteiger partial charge is 0.251 e. The lowest BCUT2D eigenvalue weighted by atomic mass is 10.00. The van der Waals surface area contributed by atoms with Crippen molar-refractivity contribution in [2.24, 2.45) is 0 Å². The van der Waals surface area contributed by atoms with Crippen LogP contribution in [0.1, 0.15) is 28.4 Å². The first-order valence-corrected chi connectivity index (χ1v) is 7.79. The molecule has 0 aliphatic carbocycles. The molecule has 1 heterocycles. The van der Waals surface area contributed by atoms with Gasteiger partial charge >= 0.3 is 0 Å². The van der Waals surface area contributed by atoms with Gasteiger partial charge in [-0.2, -0.15) is 0 Å². The van der Waals surface area contributed by atoms with Gasteiger partial charge < -0.3 is 10.1 Å². The average Bonchev–Trinajstić information content (AvgIpc) is 2.48. The van der Waals surface area contributed by atoms with Crippen molar-refractivity contribution in [3.8, 4) is 5.75 Å². The number of amides is 1. The fraction of sp³-hybridized carbons (Fsp3) is 0.188. The predicted octanol–water partition coefficient (Wildman–Crippen LogP) is 4.36. The summed E-state index contributed by atoms with van der Waals surface area (Å²) in [6.07, 6.45) is 0.732. The van der Waals surface area contributed by atoms with Gasteiger partial charge in [-0.25, -0.2) is 0 Å². The van der Waals surface area contributed by atoms with Crippen molar-refractivity contribution in [2.45, 2.75) is 12.5 Å². The molecule has 108 valence electrons. The molecule has 0 saturated carbocycles. The van der Waals surface area contributed by atoms with Crippen LogP contribution in [0.5, 0.6) is 5.75 Å². The third-order valence-corrected chi connectivity index (χ3v) is 4.19. The molecule has 3 rings (SSSR count). The molecule has 0 fully saturated rings. The van der Waals surface area contributed by atoms with Gasteiger partial charge in [-0.1, -0.05) is 27.5 Å². The average molecular weight is 367 g/mol. The molecule has 2 aromatic rings. The minimum Gasteiger partial charge on any atom is -0.493 e. The van der Waals surface area contributed by atoms with Crippen molar-refractivity contribution >= 4 is 33.4 Å². The summed E-state index contributed by atoms with van der Waals surface area (Å²) in [4.78, 5) is 12.3. The molecule has 1 aliphatic rings. The van der Waals surface area contributed by atoms with E-state index in [1.165, 1.54) is 0 Å². The number of hydrogen-bond acceptors (Lipinski definition) is 2. The molecule has 2 aromatic carbocycles. The lowest BCUT2D eigenvalue weighted by Crippen LogP contribution is -2.32. The standard InChI is InChI=1S/C16H13BrClNO2/c17-11-3-1-10(2-4-11)16(20)19-14-7-8-21-15-6-5-12(18)9-13(14)15/h1-6,9,14H,7-8H2,(H,19,20). The Morgan fingerprint density at radius 1 is 1.24 bits per heavy atom. The minimum atomic E-state index is -0.0969. The quantitative estimate of drug-likeness (QED) is 0.858. The fourth-order valence-corrected chi connectivity index (χ4v) is 2.80. The van der Waals surface area contributed by atoms with Crippen molar-refractivity contribution in [3.05, 3.63) is 63.1 Å². The van der Waals surface area contributed by atoms with Crippen molar-refractivity contribution < 1.29 is 9.53 Å². The number of carbonyl (C=O) groups excluding carboxylic acids is 1. The van der Waals surface area contributed by atoms with Gasteiger partial charge in [-0.15, -0.1) is 0 Å². The predicted molar refractivity (Wildman–Crippen MR) is 85.9 cm³/mol. The number of carbonyl (C=O) groups is 1. The van der Waals surface area contributed by atoms with Crippen molar-refractivity contribution in [1.82, 2.24) is 5.32 Å². The second-order valence-electron chi connectivity index (χ2n) is 4.85. The Kier molecular flexibility index (Phi) is 4.17. The lowest BCUT2D eigenvalue weighted by molar-refractivity contribution is 0.0925. The van der Waals surface area contributed by atoms with E-state index in [4.69, 9.17) is 16.3 Å². The number of halogens is 2. The van der Waals surface area contributed by atoms with E-state index in [-0.39, 0.29) is 11.9 Å². The Balaban J connectivity index is 1.81. The Morgan fingerprint density at radius 3 is 2.76 bits per heavy atom. The van der Waals surface area contributed by atoms with Crippen LogP contribution in [0.2, 0.25) is 5.02 Å². The third kappa shape index (κ3) is 3.22. The van der Waals surface area contributed by atoms with E-state index in [1.54, 1.807) is 18.2 Å². The summed E-state index contributed by atoms with van der Waals surface area (Å²) in [5, 5.41) is 3.69. The van der Waals surface area contributed by atoms with E-state index in [0.717, 1.165) is 22.2 Å². The van der Waals surface area contributed by atoms with Gasteiger partial charge in [0, 0.05) is 27.0 Å². The molecule has 5 heteroatoms. The Bertz CT molecular complexity index is 672. The van der Waals surface area contributed by atoms with Crippen LogP contribution in [0.4, 0.5) is 0 Å². The molecule has 21 heavy (non-hydrogen) atoms. The molecule has 1 atom stereocenters. The highest BCUT2D eigenvalue weighted by Gasteiger charge is 2.23. The third-order valence-electron chi connectivity index (χ3n) is 3.42. The molecular formula is C16H13BrClNO2. The summed E-state index contributed by atoms with van der Waals surface area (Å²) in [5.41, 5.74) is 1.56. The maximum absolute atomic E-state index is 12.3. The topological polar surface area (TPSA) is 38.3 Å². The van der Waals surface area contributed by atoms with Gasteiger partial charge in [0.1, 0.15) is 5.75 Å². The summed E-state index contributed by atoms with van der Waals surface area (Å²) < 4.78 is 6.54. The fourth-order valence-electron chi connectivity index (χ4n) is 2.36. The molecule has 0 radical (unpaired) electrons. The molecule has 0 aromatic heterocycles. The molecule has 1 aliphatic heterocycles. The molecular weight excluding hydrogens is 354 g/mol. The number of ether oxygens (including phenoxy) is 1. The van der Waals surface area contributed by atoms with E-state index >= 15 is 0 Å². The van der Waals surface area contributed by atoms with Gasteiger partial charge in [-0.3, -0.25) is 4.79 Å². The van der Waals surface area contributed by atoms with Crippen LogP contribution in [0.15, 0.2) is 46.9 Å². The van der Waals surface area contributed by atoms with E-state index in [1.807, 2.05) is 24.3 Å². The van der Waals surface area contributed by atoms with Crippen LogP contribution in [0.3, 0.4) is 0 Å². The van der Waals surface area contributed by atoms with Crippen molar-refractivity contribution in [1.29, 1.82) is 0 Å². The minimum absolute atomic E-state index is 0.0800. The van der Waals surface area contributed by atoms with Gasteiger partial charge in [0.2, 0.25) is 0 Å². The maximum Gasteiger partial charge on any atom is 0.251 e. The molecule has 1 N–H and O–H groups in total. The number of benzene rings is 2. The first-order chi connectivity index (χ1) is 10.1. The number of fused-ring (bicyclic) bond motifs is 1. The summed E-state index contributed by atoms with van der Waals surface area (Å²) in [6, 6.07) is 12.7. The molecule has 1 unspecified atom stereocenters. The van der Waals surface area contributed by atoms with Gasteiger partial charge in [0.25, 0.3) is 5.91 Å². The monoisotopic (exact) mass is 365 g/mol. The SMILES string of the molecule is O=C(NC1CCOc2ccc(Cl)cc21)c1ccc(Br)cc1. The van der Waals surface area contributed by atoms with E-state index in [0.29, 0.717) is 17.2 Å². The first-order valence-electron chi connectivity index (χ1n) is 6.62. The van der Waals surface area contributed by atoms with Crippen LogP contribution < -0.4 is 10.1 Å². The van der Waals surface area contributed by atoms with Gasteiger partial charge in [-0.05, 0) is 42.5 Å². The van der Waals surface area contributed by atoms with E-state index in [9.17, 15) is 4.79 Å². The van der Waals surface area contributed by atoms with Crippen molar-refractivity contribution in [2.75, 3.05) is 6.61 Å². The molecule has 0 saturated heterocycles. The van der Waals surface area contributed by atoms with Crippen LogP contribution in [-0.4, -0.2) is 12.5 Å². The zero-order valence-corrected chi connectivity index (χ0v) is 13.4. The van der Waals surface area contributed by atoms with Crippen LogP contribution in [-0.2, 0) is 0 Å². The zero-order chi connectivity index (χ0) is 14.8. The van der Waals surface area contributed by atoms with Crippen molar-refractivity contribution in [3.63, 3.8) is 0 Å². The normalized spacial score (nSPS) is 16.8. The Labute approximate surface area is 136 Å². The second kappa shape index (κ2) is 6.08. The Morgan fingerprint density at radius 2 is 2.00 bits per heavy atom. The largest absolute Gasteiger partial charge is 0.493 e. The highest BCUT2D eigenvalue weighted by molar-refractivity contribution is 9.10. The van der Waals surface area contributed by atoms with Gasteiger partial charge in [0.05, 0.1) is 12.6 Å². The summed E-state index contributed by atoms with van der Waals surface area (Å²) in [7, 11) is 0. The highest BCUT2D eigenvalue weighted by Crippen LogP contribution is 2.34. The van der Waals surface area contributed by atoms with Crippen LogP contribution >= 0.6 is 27.5 Å². The molecule has 0 spiro atoms. The summed E-state index contributed by atoms with van der Waals surface area (Å²) in [5.74, 6) is 0.687. The molecule has 1 amide bonds. The van der Waals surface area contributed by atoms with E-state index in [2.05, 4.69) is 21.2 Å². The number of rotatable bonds is 2. The van der Waals surface area contributed by atoms with Gasteiger partial charge in [0.15, 0.2) is 0 Å². The Hall–Kier alpha value is -1.52. The second-order valence-corrected chi connectivity index (χ2v) is 6.20. The first kappa shape index (κ1) is 14.4. The lowest BCUT2D eigenvalue weighted by Gasteiger charge is -2.27. The zero-order valence-electron chi connectivity index (χ0n) is 11.1. The number of hydrogen-bond donors (Lipinski definition) is 1. The summed E-state index contributed by atoms with van der Waals surface area (Å²) >= 11 is 9.40. The van der Waals surface area contributed by atoms with E-state index < -0.39 is 0 Å². The maximum atomic E-state index is 12.3. The van der Waals surface area contributed by atoms with Crippen LogP contribution in [0.25, 0.3) is 0 Å².